The van der Waals surface area contributed by atoms with Crippen LogP contribution in [0, 0.1) is 11.7 Å². The fourth-order valence-corrected chi connectivity index (χ4v) is 2.88. The number of nitrogens with zero attached hydrogens (tertiary/aromatic N) is 1. The smallest absolute Gasteiger partial charge is 0.410 e. The summed E-state index contributed by atoms with van der Waals surface area (Å²) in [4.78, 5) is 26.0. The lowest BCUT2D eigenvalue weighted by Gasteiger charge is -2.33. The molecule has 0 spiro atoms. The number of amides is 1. The molecule has 1 aliphatic heterocycles. The van der Waals surface area contributed by atoms with Crippen LogP contribution in [0.5, 0.6) is 0 Å². The zero-order chi connectivity index (χ0) is 17.9. The van der Waals surface area contributed by atoms with Gasteiger partial charge in [0, 0.05) is 25.1 Å². The molecule has 0 aliphatic carbocycles. The second-order valence-corrected chi connectivity index (χ2v) is 7.57. The van der Waals surface area contributed by atoms with Gasteiger partial charge < -0.3 is 9.64 Å². The van der Waals surface area contributed by atoms with Crippen LogP contribution in [0.4, 0.5) is 9.18 Å². The first kappa shape index (κ1) is 18.7. The van der Waals surface area contributed by atoms with Crippen LogP contribution in [0.15, 0.2) is 18.2 Å². The summed E-state index contributed by atoms with van der Waals surface area (Å²) >= 11 is 5.72. The molecule has 0 unspecified atom stereocenters. The number of hydrogen-bond donors (Lipinski definition) is 0. The average Bonchev–Trinajstić information content (AvgIpc) is 2.49. The number of halogens is 2. The summed E-state index contributed by atoms with van der Waals surface area (Å²) < 4.78 is 18.5. The molecule has 1 aromatic carbocycles. The minimum absolute atomic E-state index is 0.0411. The van der Waals surface area contributed by atoms with E-state index in [1.165, 1.54) is 18.2 Å². The van der Waals surface area contributed by atoms with E-state index in [0.29, 0.717) is 25.1 Å². The molecule has 0 bridgehead atoms. The third-order valence-electron chi connectivity index (χ3n) is 3.98. The molecule has 132 valence electrons. The van der Waals surface area contributed by atoms with Gasteiger partial charge in [-0.25, -0.2) is 9.18 Å². The molecule has 6 heteroatoms. The zero-order valence-electron chi connectivity index (χ0n) is 14.3. The highest BCUT2D eigenvalue weighted by Gasteiger charge is 2.28. The summed E-state index contributed by atoms with van der Waals surface area (Å²) in [6.07, 6.45) is 1.57. The zero-order valence-corrected chi connectivity index (χ0v) is 15.0. The highest BCUT2D eigenvalue weighted by atomic mass is 35.5. The summed E-state index contributed by atoms with van der Waals surface area (Å²) in [5.74, 6) is -0.369. The van der Waals surface area contributed by atoms with E-state index < -0.39 is 11.4 Å². The minimum atomic E-state index is -0.529. The molecule has 1 aliphatic rings. The molecule has 0 aromatic heterocycles. The van der Waals surface area contributed by atoms with Gasteiger partial charge in [-0.3, -0.25) is 4.79 Å². The lowest BCUT2D eigenvalue weighted by molar-refractivity contribution is 0.0183. The lowest BCUT2D eigenvalue weighted by atomic mass is 9.90. The van der Waals surface area contributed by atoms with Crippen molar-refractivity contribution in [2.24, 2.45) is 5.92 Å². The van der Waals surface area contributed by atoms with Gasteiger partial charge in [0.1, 0.15) is 11.4 Å². The highest BCUT2D eigenvalue weighted by Crippen LogP contribution is 2.25. The van der Waals surface area contributed by atoms with E-state index in [1.54, 1.807) is 4.90 Å². The van der Waals surface area contributed by atoms with E-state index in [1.807, 2.05) is 20.8 Å². The Kier molecular flexibility index (Phi) is 5.86. The Hall–Kier alpha value is -1.62. The predicted octanol–water partition coefficient (Wildman–Crippen LogP) is 4.70. The number of likely N-dealkylation sites (tertiary alicyclic amines) is 1. The van der Waals surface area contributed by atoms with Crippen molar-refractivity contribution < 1.29 is 18.7 Å². The molecule has 1 saturated heterocycles. The Balaban J connectivity index is 1.85. The molecule has 0 saturated carbocycles. The third-order valence-corrected chi connectivity index (χ3v) is 4.27. The van der Waals surface area contributed by atoms with Crippen molar-refractivity contribution >= 4 is 23.5 Å². The van der Waals surface area contributed by atoms with Crippen molar-refractivity contribution in [1.29, 1.82) is 0 Å². The monoisotopic (exact) mass is 355 g/mol. The van der Waals surface area contributed by atoms with Gasteiger partial charge in [-0.05, 0) is 57.7 Å². The minimum Gasteiger partial charge on any atom is -0.444 e. The Morgan fingerprint density at radius 3 is 2.46 bits per heavy atom. The normalized spacial score (nSPS) is 16.1. The molecule has 1 amide bonds. The predicted molar refractivity (Wildman–Crippen MR) is 90.9 cm³/mol. The van der Waals surface area contributed by atoms with Crippen LogP contribution in [-0.4, -0.2) is 35.5 Å². The van der Waals surface area contributed by atoms with Crippen molar-refractivity contribution in [2.75, 3.05) is 13.1 Å². The first-order valence-corrected chi connectivity index (χ1v) is 8.49. The first-order valence-electron chi connectivity index (χ1n) is 8.12. The van der Waals surface area contributed by atoms with Crippen LogP contribution in [0.3, 0.4) is 0 Å². The molecule has 0 N–H and O–H groups in total. The van der Waals surface area contributed by atoms with E-state index in [9.17, 15) is 14.0 Å². The third kappa shape index (κ3) is 5.20. The second-order valence-electron chi connectivity index (χ2n) is 7.17. The number of hydrogen-bond acceptors (Lipinski definition) is 3. The van der Waals surface area contributed by atoms with Crippen LogP contribution < -0.4 is 0 Å². The van der Waals surface area contributed by atoms with Gasteiger partial charge in [-0.1, -0.05) is 11.6 Å². The number of carbonyl (C=O) groups excluding carboxylic acids is 2. The number of piperidine rings is 1. The number of carbonyl (C=O) groups is 2. The molecule has 4 nitrogen and oxygen atoms in total. The van der Waals surface area contributed by atoms with Gasteiger partial charge in [0.25, 0.3) is 0 Å². The molecule has 0 radical (unpaired) electrons. The quantitative estimate of drug-likeness (QED) is 0.738. The van der Waals surface area contributed by atoms with Gasteiger partial charge >= 0.3 is 6.09 Å². The Bertz CT molecular complexity index is 619. The number of rotatable bonds is 3. The fourth-order valence-electron chi connectivity index (χ4n) is 2.70. The van der Waals surface area contributed by atoms with Crippen molar-refractivity contribution in [3.63, 3.8) is 0 Å². The van der Waals surface area contributed by atoms with Gasteiger partial charge in [0.2, 0.25) is 0 Å². The largest absolute Gasteiger partial charge is 0.444 e. The van der Waals surface area contributed by atoms with E-state index in [0.717, 1.165) is 12.8 Å². The van der Waals surface area contributed by atoms with E-state index >= 15 is 0 Å². The van der Waals surface area contributed by atoms with Gasteiger partial charge in [0.15, 0.2) is 5.78 Å². The van der Waals surface area contributed by atoms with Crippen LogP contribution in [-0.2, 0) is 4.74 Å². The van der Waals surface area contributed by atoms with Crippen LogP contribution in [0.1, 0.15) is 50.4 Å². The molecule has 1 heterocycles. The molecule has 2 rings (SSSR count). The number of ketones is 1. The standard InChI is InChI=1S/C18H23ClFNO3/c1-18(2,3)24-17(23)21-8-6-12(7-9-21)10-16(22)13-4-5-15(20)14(19)11-13/h4-5,11-12H,6-10H2,1-3H3. The van der Waals surface area contributed by atoms with Crippen LogP contribution in [0.25, 0.3) is 0 Å². The summed E-state index contributed by atoms with van der Waals surface area (Å²) in [7, 11) is 0. The molecule has 0 atom stereocenters. The SMILES string of the molecule is CC(C)(C)OC(=O)N1CCC(CC(=O)c2ccc(F)c(Cl)c2)CC1. The van der Waals surface area contributed by atoms with Gasteiger partial charge in [-0.15, -0.1) is 0 Å². The number of ether oxygens (including phenoxy) is 1. The Morgan fingerprint density at radius 2 is 1.92 bits per heavy atom. The molecule has 1 fully saturated rings. The molecule has 1 aromatic rings. The number of Topliss-reactive ketones (excluding diaryl/α,β-unsaturated/α-hetero) is 1. The summed E-state index contributed by atoms with van der Waals surface area (Å²) in [5, 5.41) is -0.0411. The molecule has 24 heavy (non-hydrogen) atoms. The Morgan fingerprint density at radius 1 is 1.29 bits per heavy atom. The van der Waals surface area contributed by atoms with Crippen molar-refractivity contribution in [3.8, 4) is 0 Å². The van der Waals surface area contributed by atoms with Crippen molar-refractivity contribution in [3.05, 3.63) is 34.6 Å². The fraction of sp³-hybridized carbons (Fsp3) is 0.556. The van der Waals surface area contributed by atoms with Crippen LogP contribution >= 0.6 is 11.6 Å². The molecular weight excluding hydrogens is 333 g/mol. The maximum absolute atomic E-state index is 13.2. The van der Waals surface area contributed by atoms with Crippen LogP contribution in [0.2, 0.25) is 5.02 Å². The average molecular weight is 356 g/mol. The van der Waals surface area contributed by atoms with E-state index in [2.05, 4.69) is 0 Å². The van der Waals surface area contributed by atoms with Gasteiger partial charge in [0.05, 0.1) is 5.02 Å². The van der Waals surface area contributed by atoms with E-state index in [4.69, 9.17) is 16.3 Å². The first-order chi connectivity index (χ1) is 11.2. The Labute approximate surface area is 146 Å². The van der Waals surface area contributed by atoms with Gasteiger partial charge in [-0.2, -0.15) is 0 Å². The summed E-state index contributed by atoms with van der Waals surface area (Å²) in [5.41, 5.74) is -0.0814. The van der Waals surface area contributed by atoms with E-state index in [-0.39, 0.29) is 22.8 Å². The topological polar surface area (TPSA) is 46.6 Å². The maximum Gasteiger partial charge on any atom is 0.410 e. The summed E-state index contributed by atoms with van der Waals surface area (Å²) in [6, 6.07) is 4.04. The lowest BCUT2D eigenvalue weighted by Crippen LogP contribution is -2.42. The highest BCUT2D eigenvalue weighted by molar-refractivity contribution is 6.31. The van der Waals surface area contributed by atoms with Crippen molar-refractivity contribution in [2.45, 2.75) is 45.6 Å². The summed E-state index contributed by atoms with van der Waals surface area (Å²) in [6.45, 7) is 6.67. The second kappa shape index (κ2) is 7.51. The maximum atomic E-state index is 13.2. The number of benzene rings is 1. The molecular formula is C18H23ClFNO3. The van der Waals surface area contributed by atoms with Crippen molar-refractivity contribution in [1.82, 2.24) is 4.90 Å².